The summed E-state index contributed by atoms with van der Waals surface area (Å²) in [6.45, 7) is 3.34. The van der Waals surface area contributed by atoms with Gasteiger partial charge in [0, 0.05) is 0 Å². The van der Waals surface area contributed by atoms with Crippen molar-refractivity contribution in [2.75, 3.05) is 0 Å². The Bertz CT molecular complexity index is 366. The Labute approximate surface area is 91.8 Å². The van der Waals surface area contributed by atoms with E-state index in [-0.39, 0.29) is 17.4 Å². The first kappa shape index (κ1) is 12.0. The molecule has 0 fully saturated rings. The van der Waals surface area contributed by atoms with Crippen LogP contribution in [-0.2, 0) is 4.74 Å². The zero-order valence-electron chi connectivity index (χ0n) is 8.35. The van der Waals surface area contributed by atoms with E-state index in [9.17, 15) is 8.78 Å². The Morgan fingerprint density at radius 1 is 1.67 bits per heavy atom. The van der Waals surface area contributed by atoms with Gasteiger partial charge < -0.3 is 4.74 Å². The van der Waals surface area contributed by atoms with Crippen molar-refractivity contribution >= 4 is 11.6 Å². The quantitative estimate of drug-likeness (QED) is 0.686. The second kappa shape index (κ2) is 4.19. The Kier molecular flexibility index (Phi) is 3.35. The van der Waals surface area contributed by atoms with Crippen molar-refractivity contribution in [2.24, 2.45) is 0 Å². The molecule has 2 nitrogen and oxygen atoms in total. The monoisotopic (exact) mass is 233 g/mol. The summed E-state index contributed by atoms with van der Waals surface area (Å²) in [6, 6.07) is 1.66. The minimum atomic E-state index is -2.46. The second-order valence-electron chi connectivity index (χ2n) is 3.49. The third-order valence-corrected chi connectivity index (χ3v) is 2.05. The summed E-state index contributed by atoms with van der Waals surface area (Å²) in [6.07, 6.45) is 0.00600. The van der Waals surface area contributed by atoms with Crippen LogP contribution in [0.3, 0.4) is 0 Å². The molecule has 0 spiro atoms. The lowest BCUT2D eigenvalue weighted by Crippen LogP contribution is -2.26. The number of allylic oxidation sites excluding steroid dienone is 4. The second-order valence-corrected chi connectivity index (χ2v) is 4.09. The number of halogens is 3. The van der Waals surface area contributed by atoms with Gasteiger partial charge in [0.1, 0.15) is 11.9 Å². The Balaban J connectivity index is 3.16. The van der Waals surface area contributed by atoms with Crippen LogP contribution in [-0.4, -0.2) is 11.2 Å². The molecule has 0 bridgehead atoms. The van der Waals surface area contributed by atoms with E-state index in [1.54, 1.807) is 19.9 Å². The molecule has 0 saturated heterocycles. The molecule has 1 aliphatic rings. The minimum Gasteiger partial charge on any atom is -0.489 e. The lowest BCUT2D eigenvalue weighted by atomic mass is 10.0. The zero-order chi connectivity index (χ0) is 11.6. The predicted octanol–water partition coefficient (Wildman–Crippen LogP) is 3.35. The van der Waals surface area contributed by atoms with Crippen molar-refractivity contribution in [1.29, 1.82) is 5.26 Å². The number of hydrogen-bond acceptors (Lipinski definition) is 2. The Hall–Kier alpha value is -1.08. The van der Waals surface area contributed by atoms with Crippen molar-refractivity contribution in [1.82, 2.24) is 0 Å². The van der Waals surface area contributed by atoms with Crippen LogP contribution in [0.5, 0.6) is 0 Å². The van der Waals surface area contributed by atoms with Gasteiger partial charge in [0.2, 0.25) is 5.13 Å². The first-order valence-electron chi connectivity index (χ1n) is 4.42. The van der Waals surface area contributed by atoms with Gasteiger partial charge in [-0.25, -0.2) is 8.78 Å². The molecule has 0 N–H and O–H groups in total. The minimum absolute atomic E-state index is 0.204. The highest BCUT2D eigenvalue weighted by Crippen LogP contribution is 2.41. The van der Waals surface area contributed by atoms with Crippen LogP contribution < -0.4 is 0 Å². The largest absolute Gasteiger partial charge is 0.489 e. The van der Waals surface area contributed by atoms with Crippen LogP contribution in [0.1, 0.15) is 20.3 Å². The summed E-state index contributed by atoms with van der Waals surface area (Å²) < 4.78 is 31.8. The average Bonchev–Trinajstić information content (AvgIpc) is 2.07. The van der Waals surface area contributed by atoms with Gasteiger partial charge in [-0.15, -0.1) is 0 Å². The maximum atomic E-state index is 13.7. The average molecular weight is 234 g/mol. The molecule has 0 aliphatic heterocycles. The third-order valence-electron chi connectivity index (χ3n) is 1.74. The molecule has 0 aromatic carbocycles. The van der Waals surface area contributed by atoms with Crippen molar-refractivity contribution in [3.63, 3.8) is 0 Å². The highest BCUT2D eigenvalue weighted by Gasteiger charge is 2.40. The summed E-state index contributed by atoms with van der Waals surface area (Å²) in [4.78, 5) is 0. The van der Waals surface area contributed by atoms with E-state index in [1.165, 1.54) is 0 Å². The summed E-state index contributed by atoms with van der Waals surface area (Å²) in [5, 5.41) is 6.24. The molecule has 0 aromatic rings. The van der Waals surface area contributed by atoms with Crippen LogP contribution in [0, 0.1) is 11.3 Å². The molecule has 0 aromatic heterocycles. The van der Waals surface area contributed by atoms with Gasteiger partial charge >= 0.3 is 0 Å². The van der Waals surface area contributed by atoms with Crippen LogP contribution in [0.15, 0.2) is 23.2 Å². The fourth-order valence-corrected chi connectivity index (χ4v) is 1.51. The van der Waals surface area contributed by atoms with E-state index < -0.39 is 17.4 Å². The van der Waals surface area contributed by atoms with Gasteiger partial charge in [-0.3, -0.25) is 0 Å². The highest BCUT2D eigenvalue weighted by atomic mass is 35.5. The van der Waals surface area contributed by atoms with Crippen LogP contribution in [0.4, 0.5) is 8.78 Å². The van der Waals surface area contributed by atoms with Crippen molar-refractivity contribution in [3.05, 3.63) is 23.2 Å². The number of alkyl halides is 2. The number of nitrogens with zero attached hydrogens (tertiary/aromatic N) is 1. The standard InChI is InChI=1S/C10H10ClF2NO/c1-6(2)15-9-7(5-14)3-8(12)4-10(9,11)13/h3,6H,4H2,1-2H3. The lowest BCUT2D eigenvalue weighted by Gasteiger charge is -2.26. The molecule has 0 radical (unpaired) electrons. The molecule has 15 heavy (non-hydrogen) atoms. The predicted molar refractivity (Wildman–Crippen MR) is 52.4 cm³/mol. The van der Waals surface area contributed by atoms with E-state index in [0.29, 0.717) is 0 Å². The van der Waals surface area contributed by atoms with Gasteiger partial charge in [0.05, 0.1) is 18.1 Å². The fraction of sp³-hybridized carbons (Fsp3) is 0.500. The van der Waals surface area contributed by atoms with Gasteiger partial charge in [0.15, 0.2) is 5.76 Å². The van der Waals surface area contributed by atoms with Crippen LogP contribution in [0.25, 0.3) is 0 Å². The van der Waals surface area contributed by atoms with E-state index in [4.69, 9.17) is 21.6 Å². The lowest BCUT2D eigenvalue weighted by molar-refractivity contribution is 0.0856. The molecule has 1 aliphatic carbocycles. The topological polar surface area (TPSA) is 33.0 Å². The zero-order valence-corrected chi connectivity index (χ0v) is 9.11. The van der Waals surface area contributed by atoms with Gasteiger partial charge in [-0.1, -0.05) is 11.6 Å². The molecular weight excluding hydrogens is 224 g/mol. The van der Waals surface area contributed by atoms with Gasteiger partial charge in [-0.2, -0.15) is 5.26 Å². The number of rotatable bonds is 2. The summed E-state index contributed by atoms with van der Waals surface area (Å²) in [5.41, 5.74) is -0.204. The Morgan fingerprint density at radius 3 is 2.73 bits per heavy atom. The first-order chi connectivity index (χ1) is 6.86. The maximum Gasteiger partial charge on any atom is 0.247 e. The maximum absolute atomic E-state index is 13.7. The smallest absolute Gasteiger partial charge is 0.247 e. The fourth-order valence-electron chi connectivity index (χ4n) is 1.23. The Morgan fingerprint density at radius 2 is 2.27 bits per heavy atom. The van der Waals surface area contributed by atoms with Gasteiger partial charge in [0.25, 0.3) is 0 Å². The molecule has 0 amide bonds. The van der Waals surface area contributed by atoms with Crippen LogP contribution in [0.2, 0.25) is 0 Å². The molecule has 0 saturated carbocycles. The summed E-state index contributed by atoms with van der Waals surface area (Å²) >= 11 is 5.47. The van der Waals surface area contributed by atoms with Gasteiger partial charge in [-0.05, 0) is 19.9 Å². The number of nitriles is 1. The normalized spacial score (nSPS) is 26.3. The van der Waals surface area contributed by atoms with E-state index in [0.717, 1.165) is 6.08 Å². The summed E-state index contributed by atoms with van der Waals surface area (Å²) in [7, 11) is 0. The molecule has 5 heteroatoms. The molecule has 82 valence electrons. The van der Waals surface area contributed by atoms with E-state index in [2.05, 4.69) is 0 Å². The summed E-state index contributed by atoms with van der Waals surface area (Å²) in [5.74, 6) is -1.07. The molecular formula is C10H10ClF2NO. The number of ether oxygens (including phenoxy) is 1. The molecule has 0 heterocycles. The van der Waals surface area contributed by atoms with Crippen molar-refractivity contribution in [2.45, 2.75) is 31.5 Å². The van der Waals surface area contributed by atoms with Crippen LogP contribution >= 0.6 is 11.6 Å². The van der Waals surface area contributed by atoms with Crippen molar-refractivity contribution < 1.29 is 13.5 Å². The molecule has 1 rings (SSSR count). The third kappa shape index (κ3) is 2.69. The first-order valence-corrected chi connectivity index (χ1v) is 4.80. The molecule has 1 atom stereocenters. The molecule has 1 unspecified atom stereocenters. The van der Waals surface area contributed by atoms with E-state index in [1.807, 2.05) is 0 Å². The number of hydrogen-bond donors (Lipinski definition) is 0. The van der Waals surface area contributed by atoms with E-state index >= 15 is 0 Å². The highest BCUT2D eigenvalue weighted by molar-refractivity contribution is 6.24. The van der Waals surface area contributed by atoms with Crippen molar-refractivity contribution in [3.8, 4) is 6.07 Å². The SMILES string of the molecule is CC(C)OC1=C(C#N)C=C(F)CC1(F)Cl.